The molecule has 0 saturated carbocycles. The van der Waals surface area contributed by atoms with Crippen LogP contribution < -0.4 is 5.32 Å². The number of fused-ring (bicyclic) bond motifs is 1. The van der Waals surface area contributed by atoms with Crippen LogP contribution in [0.3, 0.4) is 0 Å². The van der Waals surface area contributed by atoms with Crippen molar-refractivity contribution in [3.8, 4) is 0 Å². The fourth-order valence-electron chi connectivity index (χ4n) is 4.65. The number of para-hydroxylation sites is 1. The standard InChI is InChI=1S/C31H50N2O2/c1-3-5-6-7-8-9-10-11-12-13-14-15-16-17-18-21-24-32-30(31(34)35-4-2)25-27-26-33-29-23-20-19-22-28(27)29/h11-12,19-20,22-23,26,30,32-33H,3-10,13-18,21,24-25H2,1-2H3/b12-11-/t30-/m0/s1. The fourth-order valence-corrected chi connectivity index (χ4v) is 4.65. The smallest absolute Gasteiger partial charge is 0.323 e. The summed E-state index contributed by atoms with van der Waals surface area (Å²) >= 11 is 0. The second kappa shape index (κ2) is 19.2. The Bertz CT molecular complexity index is 826. The Morgan fingerprint density at radius 3 is 2.20 bits per heavy atom. The number of unbranched alkanes of at least 4 members (excludes halogenated alkanes) is 12. The highest BCUT2D eigenvalue weighted by molar-refractivity contribution is 5.84. The lowest BCUT2D eigenvalue weighted by molar-refractivity contribution is -0.145. The summed E-state index contributed by atoms with van der Waals surface area (Å²) in [7, 11) is 0. The van der Waals surface area contributed by atoms with E-state index in [9.17, 15) is 4.79 Å². The molecule has 35 heavy (non-hydrogen) atoms. The van der Waals surface area contributed by atoms with Gasteiger partial charge in [0.15, 0.2) is 0 Å². The zero-order valence-corrected chi connectivity index (χ0v) is 22.5. The van der Waals surface area contributed by atoms with E-state index < -0.39 is 0 Å². The Hall–Kier alpha value is -2.07. The zero-order chi connectivity index (χ0) is 25.0. The summed E-state index contributed by atoms with van der Waals surface area (Å²) < 4.78 is 5.33. The van der Waals surface area contributed by atoms with E-state index in [1.54, 1.807) is 0 Å². The minimum absolute atomic E-state index is 0.151. The molecule has 0 radical (unpaired) electrons. The zero-order valence-electron chi connectivity index (χ0n) is 22.5. The molecule has 2 aromatic rings. The van der Waals surface area contributed by atoms with E-state index in [0.717, 1.165) is 24.0 Å². The summed E-state index contributed by atoms with van der Waals surface area (Å²) in [4.78, 5) is 15.8. The lowest BCUT2D eigenvalue weighted by Crippen LogP contribution is -2.40. The van der Waals surface area contributed by atoms with Gasteiger partial charge in [-0.2, -0.15) is 0 Å². The fraction of sp³-hybridized carbons (Fsp3) is 0.645. The molecule has 0 aliphatic carbocycles. The average molecular weight is 483 g/mol. The van der Waals surface area contributed by atoms with Crippen LogP contribution in [0, 0.1) is 0 Å². The van der Waals surface area contributed by atoms with Crippen molar-refractivity contribution in [1.82, 2.24) is 10.3 Å². The molecule has 2 N–H and O–H groups in total. The number of benzene rings is 1. The maximum atomic E-state index is 12.5. The van der Waals surface area contributed by atoms with Crippen molar-refractivity contribution in [2.75, 3.05) is 13.2 Å². The number of aromatic nitrogens is 1. The van der Waals surface area contributed by atoms with Crippen molar-refractivity contribution >= 4 is 16.9 Å². The number of H-pyrrole nitrogens is 1. The van der Waals surface area contributed by atoms with E-state index in [4.69, 9.17) is 4.74 Å². The van der Waals surface area contributed by atoms with Crippen LogP contribution in [-0.4, -0.2) is 30.1 Å². The van der Waals surface area contributed by atoms with Gasteiger partial charge in [-0.3, -0.25) is 4.79 Å². The van der Waals surface area contributed by atoms with Crippen molar-refractivity contribution < 1.29 is 9.53 Å². The molecule has 0 unspecified atom stereocenters. The van der Waals surface area contributed by atoms with Crippen LogP contribution in [0.5, 0.6) is 0 Å². The number of rotatable bonds is 21. The minimum atomic E-state index is -0.294. The predicted molar refractivity (Wildman–Crippen MR) is 150 cm³/mol. The number of ether oxygens (including phenoxy) is 1. The number of aromatic amines is 1. The second-order valence-corrected chi connectivity index (χ2v) is 9.76. The molecule has 1 aromatic carbocycles. The molecule has 2 rings (SSSR count). The third-order valence-corrected chi connectivity index (χ3v) is 6.75. The Morgan fingerprint density at radius 2 is 1.51 bits per heavy atom. The number of hydrogen-bond acceptors (Lipinski definition) is 3. The Balaban J connectivity index is 1.52. The lowest BCUT2D eigenvalue weighted by atomic mass is 10.0. The molecule has 0 saturated heterocycles. The third-order valence-electron chi connectivity index (χ3n) is 6.75. The van der Waals surface area contributed by atoms with Crippen LogP contribution in [0.4, 0.5) is 0 Å². The number of esters is 1. The van der Waals surface area contributed by atoms with Crippen molar-refractivity contribution in [2.24, 2.45) is 0 Å². The largest absolute Gasteiger partial charge is 0.465 e. The van der Waals surface area contributed by atoms with E-state index >= 15 is 0 Å². The molecule has 0 spiro atoms. The molecule has 1 atom stereocenters. The first kappa shape index (κ1) is 29.2. The maximum absolute atomic E-state index is 12.5. The van der Waals surface area contributed by atoms with Crippen LogP contribution in [0.25, 0.3) is 10.9 Å². The Labute approximate surface area is 214 Å². The highest BCUT2D eigenvalue weighted by atomic mass is 16.5. The molecule has 0 amide bonds. The van der Waals surface area contributed by atoms with E-state index in [0.29, 0.717) is 13.0 Å². The molecular weight excluding hydrogens is 432 g/mol. The van der Waals surface area contributed by atoms with Gasteiger partial charge in [0, 0.05) is 23.5 Å². The quantitative estimate of drug-likeness (QED) is 0.107. The van der Waals surface area contributed by atoms with Crippen molar-refractivity contribution in [2.45, 2.75) is 116 Å². The van der Waals surface area contributed by atoms with Crippen molar-refractivity contribution in [3.05, 3.63) is 48.2 Å². The first-order chi connectivity index (χ1) is 17.3. The van der Waals surface area contributed by atoms with E-state index in [1.165, 1.54) is 88.9 Å². The monoisotopic (exact) mass is 482 g/mol. The number of carbonyl (C=O) groups is 1. The van der Waals surface area contributed by atoms with E-state index in [1.807, 2.05) is 25.3 Å². The number of nitrogens with one attached hydrogen (secondary N) is 2. The molecule has 1 aromatic heterocycles. The summed E-state index contributed by atoms with van der Waals surface area (Å²) in [6, 6.07) is 7.95. The second-order valence-electron chi connectivity index (χ2n) is 9.76. The normalized spacial score (nSPS) is 12.5. The molecule has 196 valence electrons. The molecule has 1 heterocycles. The SMILES string of the molecule is CCCCCCCC/C=C\CCCCCCCCN[C@@H](Cc1c[nH]c2ccccc12)C(=O)OCC. The molecular formula is C31H50N2O2. The van der Waals surface area contributed by atoms with Gasteiger partial charge in [0.05, 0.1) is 6.61 Å². The average Bonchev–Trinajstić information content (AvgIpc) is 3.28. The van der Waals surface area contributed by atoms with Crippen LogP contribution >= 0.6 is 0 Å². The number of hydrogen-bond donors (Lipinski definition) is 2. The van der Waals surface area contributed by atoms with Gasteiger partial charge >= 0.3 is 5.97 Å². The minimum Gasteiger partial charge on any atom is -0.465 e. The first-order valence-electron chi connectivity index (χ1n) is 14.4. The van der Waals surface area contributed by atoms with Gasteiger partial charge in [-0.05, 0) is 57.2 Å². The summed E-state index contributed by atoms with van der Waals surface area (Å²) in [5, 5.41) is 4.64. The van der Waals surface area contributed by atoms with Gasteiger partial charge in [0.2, 0.25) is 0 Å². The highest BCUT2D eigenvalue weighted by Crippen LogP contribution is 2.19. The maximum Gasteiger partial charge on any atom is 0.323 e. The number of carbonyl (C=O) groups excluding carboxylic acids is 1. The van der Waals surface area contributed by atoms with Crippen LogP contribution in [-0.2, 0) is 16.0 Å². The number of allylic oxidation sites excluding steroid dienone is 2. The summed E-state index contributed by atoms with van der Waals surface area (Å²) in [6.45, 7) is 5.41. The van der Waals surface area contributed by atoms with Gasteiger partial charge in [0.1, 0.15) is 6.04 Å². The molecule has 4 nitrogen and oxygen atoms in total. The molecule has 0 bridgehead atoms. The van der Waals surface area contributed by atoms with E-state index in [-0.39, 0.29) is 12.0 Å². The van der Waals surface area contributed by atoms with Gasteiger partial charge in [0.25, 0.3) is 0 Å². The van der Waals surface area contributed by atoms with Crippen LogP contribution in [0.1, 0.15) is 109 Å². The van der Waals surface area contributed by atoms with Crippen molar-refractivity contribution in [3.63, 3.8) is 0 Å². The van der Waals surface area contributed by atoms with Crippen molar-refractivity contribution in [1.29, 1.82) is 0 Å². The topological polar surface area (TPSA) is 54.1 Å². The summed E-state index contributed by atoms with van der Waals surface area (Å²) in [5.41, 5.74) is 2.27. The first-order valence-corrected chi connectivity index (χ1v) is 14.4. The predicted octanol–water partition coefficient (Wildman–Crippen LogP) is 8.27. The Morgan fingerprint density at radius 1 is 0.886 bits per heavy atom. The Kier molecular flexibility index (Phi) is 16.0. The molecule has 0 aliphatic rings. The van der Waals surface area contributed by atoms with Gasteiger partial charge in [-0.25, -0.2) is 0 Å². The summed E-state index contributed by atoms with van der Waals surface area (Å²) in [6.07, 6.45) is 25.7. The van der Waals surface area contributed by atoms with Gasteiger partial charge in [-0.1, -0.05) is 95.1 Å². The van der Waals surface area contributed by atoms with Crippen LogP contribution in [0.15, 0.2) is 42.6 Å². The van der Waals surface area contributed by atoms with Gasteiger partial charge < -0.3 is 15.0 Å². The van der Waals surface area contributed by atoms with Gasteiger partial charge in [-0.15, -0.1) is 0 Å². The molecule has 4 heteroatoms. The summed E-state index contributed by atoms with van der Waals surface area (Å²) in [5.74, 6) is -0.151. The lowest BCUT2D eigenvalue weighted by Gasteiger charge is -2.17. The van der Waals surface area contributed by atoms with E-state index in [2.05, 4.69) is 41.5 Å². The molecule has 0 aliphatic heterocycles. The highest BCUT2D eigenvalue weighted by Gasteiger charge is 2.21. The third kappa shape index (κ3) is 12.5. The van der Waals surface area contributed by atoms with Crippen LogP contribution in [0.2, 0.25) is 0 Å². The molecule has 0 fully saturated rings.